The summed E-state index contributed by atoms with van der Waals surface area (Å²) in [6, 6.07) is 3.58. The highest BCUT2D eigenvalue weighted by Gasteiger charge is 2.20. The molecule has 2 aromatic heterocycles. The standard InChI is InChI=1S/C18H25N3O4/c1-6-7-11(2)19-17(22)10-24-18(23)15-8-12(3)21(14(15)5)16-9-13(4)25-20-16/h8-9,11H,6-7,10H2,1-5H3,(H,19,22)/t11-/m0/s1. The van der Waals surface area contributed by atoms with E-state index >= 15 is 0 Å². The molecule has 1 atom stereocenters. The molecule has 1 amide bonds. The van der Waals surface area contributed by atoms with Crippen LogP contribution in [-0.4, -0.2) is 34.2 Å². The first-order valence-corrected chi connectivity index (χ1v) is 8.42. The van der Waals surface area contributed by atoms with Gasteiger partial charge in [0.15, 0.2) is 12.4 Å². The molecule has 0 unspecified atom stereocenters. The number of aromatic nitrogens is 2. The van der Waals surface area contributed by atoms with E-state index in [2.05, 4.69) is 17.4 Å². The highest BCUT2D eigenvalue weighted by molar-refractivity contribution is 5.93. The minimum absolute atomic E-state index is 0.0664. The van der Waals surface area contributed by atoms with Crippen molar-refractivity contribution in [3.63, 3.8) is 0 Å². The first kappa shape index (κ1) is 18.8. The number of nitrogens with zero attached hydrogens (tertiary/aromatic N) is 2. The Bertz CT molecular complexity index is 760. The van der Waals surface area contributed by atoms with Gasteiger partial charge in [0, 0.05) is 23.5 Å². The second kappa shape index (κ2) is 8.00. The minimum Gasteiger partial charge on any atom is -0.452 e. The van der Waals surface area contributed by atoms with E-state index in [1.54, 1.807) is 26.0 Å². The van der Waals surface area contributed by atoms with E-state index in [0.717, 1.165) is 18.5 Å². The number of ether oxygens (including phenoxy) is 1. The molecule has 0 aliphatic heterocycles. The molecule has 0 spiro atoms. The van der Waals surface area contributed by atoms with Gasteiger partial charge in [-0.3, -0.25) is 9.36 Å². The molecule has 25 heavy (non-hydrogen) atoms. The lowest BCUT2D eigenvalue weighted by Gasteiger charge is -2.12. The third-order valence-corrected chi connectivity index (χ3v) is 3.96. The van der Waals surface area contributed by atoms with Crippen molar-refractivity contribution in [2.24, 2.45) is 0 Å². The summed E-state index contributed by atoms with van der Waals surface area (Å²) in [5, 5.41) is 6.78. The van der Waals surface area contributed by atoms with Gasteiger partial charge in [-0.15, -0.1) is 0 Å². The summed E-state index contributed by atoms with van der Waals surface area (Å²) in [5.41, 5.74) is 1.93. The summed E-state index contributed by atoms with van der Waals surface area (Å²) in [5.74, 6) is 0.468. The molecule has 0 aliphatic carbocycles. The smallest absolute Gasteiger partial charge is 0.340 e. The Balaban J connectivity index is 2.04. The van der Waals surface area contributed by atoms with E-state index in [9.17, 15) is 9.59 Å². The number of amides is 1. The Kier molecular flexibility index (Phi) is 6.01. The molecular formula is C18H25N3O4. The first-order valence-electron chi connectivity index (χ1n) is 8.42. The Morgan fingerprint density at radius 1 is 1.32 bits per heavy atom. The summed E-state index contributed by atoms with van der Waals surface area (Å²) < 4.78 is 12.1. The zero-order valence-corrected chi connectivity index (χ0v) is 15.4. The highest BCUT2D eigenvalue weighted by atomic mass is 16.5. The third-order valence-electron chi connectivity index (χ3n) is 3.96. The van der Waals surface area contributed by atoms with Crippen LogP contribution >= 0.6 is 0 Å². The predicted octanol–water partition coefficient (Wildman–Crippen LogP) is 2.85. The molecule has 0 aromatic carbocycles. The topological polar surface area (TPSA) is 86.4 Å². The van der Waals surface area contributed by atoms with Crippen LogP contribution in [-0.2, 0) is 9.53 Å². The van der Waals surface area contributed by atoms with Crippen LogP contribution in [0.1, 0.15) is 54.2 Å². The van der Waals surface area contributed by atoms with E-state index < -0.39 is 5.97 Å². The molecule has 0 bridgehead atoms. The molecule has 1 N–H and O–H groups in total. The van der Waals surface area contributed by atoms with Gasteiger partial charge in [0.25, 0.3) is 5.91 Å². The van der Waals surface area contributed by atoms with Gasteiger partial charge in [-0.2, -0.15) is 0 Å². The van der Waals surface area contributed by atoms with E-state index in [1.165, 1.54) is 0 Å². The van der Waals surface area contributed by atoms with Crippen LogP contribution in [0.5, 0.6) is 0 Å². The fraction of sp³-hybridized carbons (Fsp3) is 0.500. The molecule has 7 nitrogen and oxygen atoms in total. The average molecular weight is 347 g/mol. The van der Waals surface area contributed by atoms with Gasteiger partial charge < -0.3 is 14.6 Å². The van der Waals surface area contributed by atoms with Crippen LogP contribution in [0.4, 0.5) is 0 Å². The molecule has 2 heterocycles. The van der Waals surface area contributed by atoms with Crippen LogP contribution in [0.25, 0.3) is 5.82 Å². The molecule has 0 fully saturated rings. The number of hydrogen-bond donors (Lipinski definition) is 1. The zero-order chi connectivity index (χ0) is 18.6. The summed E-state index contributed by atoms with van der Waals surface area (Å²) >= 11 is 0. The van der Waals surface area contributed by atoms with Crippen molar-refractivity contribution in [2.45, 2.75) is 53.5 Å². The molecule has 0 saturated carbocycles. The lowest BCUT2D eigenvalue weighted by atomic mass is 10.2. The van der Waals surface area contributed by atoms with Gasteiger partial charge in [0.1, 0.15) is 5.76 Å². The minimum atomic E-state index is -0.530. The van der Waals surface area contributed by atoms with Gasteiger partial charge in [-0.05, 0) is 40.2 Å². The number of aryl methyl sites for hydroxylation is 2. The Morgan fingerprint density at radius 2 is 2.04 bits per heavy atom. The second-order valence-electron chi connectivity index (χ2n) is 6.25. The normalized spacial score (nSPS) is 12.0. The fourth-order valence-corrected chi connectivity index (χ4v) is 2.81. The maximum absolute atomic E-state index is 12.3. The van der Waals surface area contributed by atoms with Crippen LogP contribution in [0.15, 0.2) is 16.7 Å². The second-order valence-corrected chi connectivity index (χ2v) is 6.25. The highest BCUT2D eigenvalue weighted by Crippen LogP contribution is 2.21. The Labute approximate surface area is 147 Å². The van der Waals surface area contributed by atoms with E-state index in [1.807, 2.05) is 18.4 Å². The van der Waals surface area contributed by atoms with Crippen LogP contribution in [0, 0.1) is 20.8 Å². The van der Waals surface area contributed by atoms with Gasteiger partial charge in [-0.1, -0.05) is 18.5 Å². The SMILES string of the molecule is CCC[C@H](C)NC(=O)COC(=O)c1cc(C)n(-c2cc(C)on2)c1C. The summed E-state index contributed by atoms with van der Waals surface area (Å²) in [6.45, 7) is 9.16. The summed E-state index contributed by atoms with van der Waals surface area (Å²) in [4.78, 5) is 24.2. The van der Waals surface area contributed by atoms with E-state index in [4.69, 9.17) is 9.26 Å². The first-order chi connectivity index (χ1) is 11.8. The van der Waals surface area contributed by atoms with Gasteiger partial charge in [-0.25, -0.2) is 4.79 Å². The van der Waals surface area contributed by atoms with Crippen LogP contribution in [0.2, 0.25) is 0 Å². The maximum Gasteiger partial charge on any atom is 0.340 e. The van der Waals surface area contributed by atoms with Gasteiger partial charge >= 0.3 is 5.97 Å². The number of rotatable bonds is 7. The number of nitrogens with one attached hydrogen (secondary N) is 1. The lowest BCUT2D eigenvalue weighted by Crippen LogP contribution is -2.35. The largest absolute Gasteiger partial charge is 0.452 e. The van der Waals surface area contributed by atoms with Crippen molar-refractivity contribution in [3.05, 3.63) is 34.8 Å². The quantitative estimate of drug-likeness (QED) is 0.778. The number of esters is 1. The Morgan fingerprint density at radius 3 is 2.64 bits per heavy atom. The molecule has 2 rings (SSSR count). The zero-order valence-electron chi connectivity index (χ0n) is 15.4. The van der Waals surface area contributed by atoms with Crippen molar-refractivity contribution in [1.29, 1.82) is 0 Å². The van der Waals surface area contributed by atoms with Crippen molar-refractivity contribution in [1.82, 2.24) is 15.0 Å². The molecule has 136 valence electrons. The molecule has 0 saturated heterocycles. The Hall–Kier alpha value is -2.57. The van der Waals surface area contributed by atoms with Gasteiger partial charge in [0.05, 0.1) is 5.56 Å². The third kappa shape index (κ3) is 4.49. The van der Waals surface area contributed by atoms with Crippen LogP contribution in [0.3, 0.4) is 0 Å². The van der Waals surface area contributed by atoms with Crippen LogP contribution < -0.4 is 5.32 Å². The molecule has 7 heteroatoms. The fourth-order valence-electron chi connectivity index (χ4n) is 2.81. The van der Waals surface area contributed by atoms with Crippen molar-refractivity contribution in [3.8, 4) is 5.82 Å². The van der Waals surface area contributed by atoms with E-state index in [-0.39, 0.29) is 18.6 Å². The molecular weight excluding hydrogens is 322 g/mol. The van der Waals surface area contributed by atoms with Crippen molar-refractivity contribution in [2.75, 3.05) is 6.61 Å². The molecule has 2 aromatic rings. The molecule has 0 radical (unpaired) electrons. The summed E-state index contributed by atoms with van der Waals surface area (Å²) in [7, 11) is 0. The number of carbonyl (C=O) groups excluding carboxylic acids is 2. The maximum atomic E-state index is 12.3. The van der Waals surface area contributed by atoms with Crippen molar-refractivity contribution >= 4 is 11.9 Å². The van der Waals surface area contributed by atoms with Gasteiger partial charge in [0.2, 0.25) is 0 Å². The summed E-state index contributed by atoms with van der Waals surface area (Å²) in [6.07, 6.45) is 1.87. The molecule has 0 aliphatic rings. The predicted molar refractivity (Wildman–Crippen MR) is 92.8 cm³/mol. The lowest BCUT2D eigenvalue weighted by molar-refractivity contribution is -0.124. The van der Waals surface area contributed by atoms with Crippen molar-refractivity contribution < 1.29 is 18.8 Å². The monoisotopic (exact) mass is 347 g/mol. The van der Waals surface area contributed by atoms with E-state index in [0.29, 0.717) is 22.8 Å². The number of carbonyl (C=O) groups is 2. The average Bonchev–Trinajstić information content (AvgIpc) is 3.08. The number of hydrogen-bond acceptors (Lipinski definition) is 5.